The van der Waals surface area contributed by atoms with Crippen LogP contribution in [0.15, 0.2) is 18.2 Å². The van der Waals surface area contributed by atoms with Gasteiger partial charge in [-0.2, -0.15) is 0 Å². The van der Waals surface area contributed by atoms with Crippen molar-refractivity contribution in [1.29, 1.82) is 0 Å². The second-order valence-corrected chi connectivity index (χ2v) is 7.80. The average molecular weight is 355 g/mol. The number of amides is 1. The van der Waals surface area contributed by atoms with E-state index in [1.165, 1.54) is 47.3 Å². The molecule has 25 heavy (non-hydrogen) atoms. The Bertz CT molecular complexity index is 853. The van der Waals surface area contributed by atoms with E-state index in [1.54, 1.807) is 0 Å². The molecule has 0 saturated heterocycles. The van der Waals surface area contributed by atoms with Crippen molar-refractivity contribution in [2.45, 2.75) is 44.9 Å². The lowest BCUT2D eigenvalue weighted by Gasteiger charge is -2.16. The summed E-state index contributed by atoms with van der Waals surface area (Å²) in [4.78, 5) is 26.1. The lowest BCUT2D eigenvalue weighted by atomic mass is 9.90. The monoisotopic (exact) mass is 355 g/mol. The minimum Gasteiger partial charge on any atom is -0.465 e. The van der Waals surface area contributed by atoms with Gasteiger partial charge in [-0.25, -0.2) is 4.79 Å². The second-order valence-electron chi connectivity index (χ2n) is 6.70. The van der Waals surface area contributed by atoms with E-state index in [0.717, 1.165) is 37.7 Å². The maximum atomic E-state index is 12.7. The summed E-state index contributed by atoms with van der Waals surface area (Å²) in [5.74, 6) is -0.515. The first-order valence-electron chi connectivity index (χ1n) is 8.83. The normalized spacial score (nSPS) is 15.4. The Kier molecular flexibility index (Phi) is 4.34. The van der Waals surface area contributed by atoms with Crippen LogP contribution in [0.25, 0.3) is 0 Å². The summed E-state index contributed by atoms with van der Waals surface area (Å²) in [6.45, 7) is 0. The van der Waals surface area contributed by atoms with Crippen LogP contribution in [0.2, 0.25) is 0 Å². The number of carbonyl (C=O) groups excluding carboxylic acids is 2. The number of nitrogens with one attached hydrogen (secondary N) is 1. The molecule has 1 N–H and O–H groups in total. The molecule has 0 radical (unpaired) electrons. The van der Waals surface area contributed by atoms with E-state index in [0.29, 0.717) is 16.1 Å². The summed E-state index contributed by atoms with van der Waals surface area (Å²) in [6.07, 6.45) is 7.45. The van der Waals surface area contributed by atoms with Gasteiger partial charge in [-0.05, 0) is 73.8 Å². The molecular weight excluding hydrogens is 334 g/mol. The Morgan fingerprint density at radius 3 is 2.64 bits per heavy atom. The molecule has 0 bridgehead atoms. The number of methoxy groups -OCH3 is 1. The van der Waals surface area contributed by atoms with Crippen molar-refractivity contribution in [3.05, 3.63) is 50.9 Å². The van der Waals surface area contributed by atoms with Crippen LogP contribution in [-0.2, 0) is 30.4 Å². The van der Waals surface area contributed by atoms with E-state index in [4.69, 9.17) is 4.74 Å². The first-order valence-corrected chi connectivity index (χ1v) is 9.65. The number of ether oxygens (including phenoxy) is 1. The molecule has 1 amide bonds. The number of hydrogen-bond acceptors (Lipinski definition) is 4. The molecular formula is C20H21NO3S. The molecule has 2 aromatic rings. The highest BCUT2D eigenvalue weighted by Gasteiger charge is 2.28. The molecule has 2 aliphatic carbocycles. The summed E-state index contributed by atoms with van der Waals surface area (Å²) in [7, 11) is 1.39. The van der Waals surface area contributed by atoms with Crippen molar-refractivity contribution < 1.29 is 14.3 Å². The fraction of sp³-hybridized carbons (Fsp3) is 0.400. The molecule has 4 nitrogen and oxygen atoms in total. The lowest BCUT2D eigenvalue weighted by Crippen LogP contribution is -2.15. The van der Waals surface area contributed by atoms with Crippen molar-refractivity contribution in [2.75, 3.05) is 12.4 Å². The van der Waals surface area contributed by atoms with Gasteiger partial charge in [0.2, 0.25) is 0 Å². The highest BCUT2D eigenvalue weighted by molar-refractivity contribution is 7.17. The van der Waals surface area contributed by atoms with Crippen LogP contribution in [0.5, 0.6) is 0 Å². The highest BCUT2D eigenvalue weighted by Crippen LogP contribution is 2.39. The minimum atomic E-state index is -0.361. The zero-order chi connectivity index (χ0) is 17.4. The number of fused-ring (bicyclic) bond motifs is 2. The standard InChI is InChI=1S/C20H21NO3S/c1-24-20(23)17-15-7-4-8-16(15)25-19(17)21-18(22)14-10-9-12-5-2-3-6-13(12)11-14/h9-11H,2-8H2,1H3,(H,21,22). The van der Waals surface area contributed by atoms with Gasteiger partial charge in [0.25, 0.3) is 5.91 Å². The van der Waals surface area contributed by atoms with Crippen molar-refractivity contribution in [3.8, 4) is 0 Å². The number of esters is 1. The van der Waals surface area contributed by atoms with E-state index >= 15 is 0 Å². The number of carbonyl (C=O) groups is 2. The zero-order valence-corrected chi connectivity index (χ0v) is 15.1. The first kappa shape index (κ1) is 16.3. The summed E-state index contributed by atoms with van der Waals surface area (Å²) in [6, 6.07) is 5.96. The quantitative estimate of drug-likeness (QED) is 0.841. The Morgan fingerprint density at radius 2 is 1.84 bits per heavy atom. The van der Waals surface area contributed by atoms with Gasteiger partial charge >= 0.3 is 5.97 Å². The molecule has 4 rings (SSSR count). The van der Waals surface area contributed by atoms with Crippen LogP contribution in [0.4, 0.5) is 5.00 Å². The molecule has 0 saturated carbocycles. The van der Waals surface area contributed by atoms with E-state index in [2.05, 4.69) is 11.4 Å². The van der Waals surface area contributed by atoms with Crippen LogP contribution in [0.1, 0.15) is 61.5 Å². The molecule has 1 heterocycles. The molecule has 0 atom stereocenters. The van der Waals surface area contributed by atoms with Crippen LogP contribution in [0, 0.1) is 0 Å². The third kappa shape index (κ3) is 2.97. The van der Waals surface area contributed by atoms with Gasteiger partial charge in [-0.3, -0.25) is 4.79 Å². The minimum absolute atomic E-state index is 0.154. The zero-order valence-electron chi connectivity index (χ0n) is 14.3. The van der Waals surface area contributed by atoms with Crippen LogP contribution in [0.3, 0.4) is 0 Å². The third-order valence-corrected chi connectivity index (χ3v) is 6.36. The first-order chi connectivity index (χ1) is 12.2. The molecule has 0 unspecified atom stereocenters. The molecule has 1 aromatic heterocycles. The number of rotatable bonds is 3. The van der Waals surface area contributed by atoms with Crippen molar-refractivity contribution in [1.82, 2.24) is 0 Å². The number of aryl methyl sites for hydroxylation is 3. The molecule has 2 aliphatic rings. The van der Waals surface area contributed by atoms with Gasteiger partial charge in [-0.1, -0.05) is 6.07 Å². The Balaban J connectivity index is 1.62. The SMILES string of the molecule is COC(=O)c1c(NC(=O)c2ccc3c(c2)CCCC3)sc2c1CCC2. The smallest absolute Gasteiger partial charge is 0.341 e. The van der Waals surface area contributed by atoms with Crippen LogP contribution < -0.4 is 5.32 Å². The Labute approximate surface area is 151 Å². The summed E-state index contributed by atoms with van der Waals surface area (Å²) < 4.78 is 4.94. The van der Waals surface area contributed by atoms with Crippen LogP contribution in [-0.4, -0.2) is 19.0 Å². The largest absolute Gasteiger partial charge is 0.465 e. The average Bonchev–Trinajstić information content (AvgIpc) is 3.21. The summed E-state index contributed by atoms with van der Waals surface area (Å²) >= 11 is 1.51. The van der Waals surface area contributed by atoms with Gasteiger partial charge in [0.05, 0.1) is 12.7 Å². The Hall–Kier alpha value is -2.14. The van der Waals surface area contributed by atoms with Crippen molar-refractivity contribution >= 4 is 28.2 Å². The van der Waals surface area contributed by atoms with Gasteiger partial charge < -0.3 is 10.1 Å². The maximum Gasteiger partial charge on any atom is 0.341 e. The maximum absolute atomic E-state index is 12.7. The topological polar surface area (TPSA) is 55.4 Å². The van der Waals surface area contributed by atoms with Gasteiger partial charge in [-0.15, -0.1) is 11.3 Å². The molecule has 1 aromatic carbocycles. The van der Waals surface area contributed by atoms with Crippen LogP contribution >= 0.6 is 11.3 Å². The molecule has 5 heteroatoms. The van der Waals surface area contributed by atoms with Crippen molar-refractivity contribution in [2.24, 2.45) is 0 Å². The fourth-order valence-electron chi connectivity index (χ4n) is 3.86. The van der Waals surface area contributed by atoms with E-state index in [9.17, 15) is 9.59 Å². The molecule has 130 valence electrons. The molecule has 0 spiro atoms. The Morgan fingerprint density at radius 1 is 1.04 bits per heavy atom. The van der Waals surface area contributed by atoms with E-state index in [-0.39, 0.29) is 11.9 Å². The number of thiophene rings is 1. The van der Waals surface area contributed by atoms with Gasteiger partial charge in [0, 0.05) is 10.4 Å². The molecule has 0 fully saturated rings. The lowest BCUT2D eigenvalue weighted by molar-refractivity contribution is 0.0601. The number of anilines is 1. The predicted octanol–water partition coefficient (Wildman–Crippen LogP) is 4.15. The summed E-state index contributed by atoms with van der Waals surface area (Å²) in [5, 5.41) is 3.58. The van der Waals surface area contributed by atoms with Crippen molar-refractivity contribution in [3.63, 3.8) is 0 Å². The number of hydrogen-bond donors (Lipinski definition) is 1. The molecule has 0 aliphatic heterocycles. The van der Waals surface area contributed by atoms with Gasteiger partial charge in [0.1, 0.15) is 5.00 Å². The third-order valence-electron chi connectivity index (χ3n) is 5.15. The van der Waals surface area contributed by atoms with E-state index < -0.39 is 0 Å². The second kappa shape index (κ2) is 6.64. The van der Waals surface area contributed by atoms with Gasteiger partial charge in [0.15, 0.2) is 0 Å². The number of benzene rings is 1. The summed E-state index contributed by atoms with van der Waals surface area (Å²) in [5.41, 5.74) is 4.89. The predicted molar refractivity (Wildman–Crippen MR) is 98.7 cm³/mol. The fourth-order valence-corrected chi connectivity index (χ4v) is 5.13. The van der Waals surface area contributed by atoms with E-state index in [1.807, 2.05) is 12.1 Å². The highest BCUT2D eigenvalue weighted by atomic mass is 32.1.